The van der Waals surface area contributed by atoms with E-state index < -0.39 is 9.84 Å². The lowest BCUT2D eigenvalue weighted by atomic mass is 10.1. The molecule has 0 atom stereocenters. The van der Waals surface area contributed by atoms with Crippen LogP contribution in [0.1, 0.15) is 15.9 Å². The van der Waals surface area contributed by atoms with Gasteiger partial charge in [-0.3, -0.25) is 9.20 Å². The number of sulfone groups is 1. The molecule has 10 nitrogen and oxygen atoms in total. The lowest BCUT2D eigenvalue weighted by Crippen LogP contribution is -2.21. The molecule has 6 rings (SSSR count). The van der Waals surface area contributed by atoms with Crippen LogP contribution in [0.4, 0.5) is 17.3 Å². The Balaban J connectivity index is 1.25. The molecule has 0 bridgehead atoms. The highest BCUT2D eigenvalue weighted by atomic mass is 32.2. The smallest absolute Gasteiger partial charge is 0.255 e. The molecule has 3 heterocycles. The van der Waals surface area contributed by atoms with Crippen molar-refractivity contribution in [1.29, 1.82) is 0 Å². The third-order valence-electron chi connectivity index (χ3n) is 6.75. The second kappa shape index (κ2) is 12.8. The van der Waals surface area contributed by atoms with Gasteiger partial charge in [-0.05, 0) is 48.0 Å². The van der Waals surface area contributed by atoms with Gasteiger partial charge in [0.2, 0.25) is 5.95 Å². The molecule has 3 aromatic heterocycles. The number of hydrogen-bond acceptors (Lipinski definition) is 9. The average Bonchev–Trinajstić information content (AvgIpc) is 3.62. The quantitative estimate of drug-likeness (QED) is 0.158. The molecule has 0 aliphatic heterocycles. The number of rotatable bonds is 11. The SMILES string of the molecule is CS(=O)(=O)CCNCc1cccc(Nc2nccc(-c3c(-c4cccc(NC(=O)c5ccccc5)c4)nc4sccn34)n2)c1. The van der Waals surface area contributed by atoms with Crippen molar-refractivity contribution in [3.63, 3.8) is 0 Å². The molecular weight excluding hydrogens is 595 g/mol. The van der Waals surface area contributed by atoms with E-state index in [1.54, 1.807) is 18.3 Å². The number of anilines is 3. The van der Waals surface area contributed by atoms with E-state index in [0.717, 1.165) is 33.2 Å². The third-order valence-corrected chi connectivity index (χ3v) is 8.45. The van der Waals surface area contributed by atoms with Gasteiger partial charge in [-0.1, -0.05) is 42.5 Å². The van der Waals surface area contributed by atoms with Crippen molar-refractivity contribution >= 4 is 49.4 Å². The van der Waals surface area contributed by atoms with Crippen LogP contribution in [0, 0.1) is 0 Å². The topological polar surface area (TPSA) is 130 Å². The highest BCUT2D eigenvalue weighted by molar-refractivity contribution is 7.90. The summed E-state index contributed by atoms with van der Waals surface area (Å²) >= 11 is 1.53. The van der Waals surface area contributed by atoms with Gasteiger partial charge in [0.1, 0.15) is 15.5 Å². The Labute approximate surface area is 258 Å². The van der Waals surface area contributed by atoms with Crippen molar-refractivity contribution < 1.29 is 13.2 Å². The number of benzene rings is 3. The molecule has 6 aromatic rings. The zero-order valence-electron chi connectivity index (χ0n) is 23.8. The molecule has 3 aromatic carbocycles. The summed E-state index contributed by atoms with van der Waals surface area (Å²) in [5.74, 6) is 0.324. The molecule has 0 saturated heterocycles. The van der Waals surface area contributed by atoms with Crippen LogP contribution >= 0.6 is 11.3 Å². The van der Waals surface area contributed by atoms with Crippen LogP contribution in [-0.2, 0) is 16.4 Å². The van der Waals surface area contributed by atoms with E-state index in [0.29, 0.717) is 36.0 Å². The molecule has 0 radical (unpaired) electrons. The van der Waals surface area contributed by atoms with Crippen molar-refractivity contribution in [2.75, 3.05) is 29.2 Å². The van der Waals surface area contributed by atoms with E-state index in [2.05, 4.69) is 20.9 Å². The average molecular weight is 624 g/mol. The first-order valence-electron chi connectivity index (χ1n) is 13.8. The summed E-state index contributed by atoms with van der Waals surface area (Å²) in [5.41, 5.74) is 6.11. The molecule has 0 spiro atoms. The van der Waals surface area contributed by atoms with Gasteiger partial charge in [0, 0.05) is 59.6 Å². The van der Waals surface area contributed by atoms with Crippen LogP contribution < -0.4 is 16.0 Å². The van der Waals surface area contributed by atoms with Gasteiger partial charge in [-0.25, -0.2) is 23.4 Å². The minimum absolute atomic E-state index is 0.0895. The van der Waals surface area contributed by atoms with Gasteiger partial charge in [0.25, 0.3) is 5.91 Å². The molecule has 3 N–H and O–H groups in total. The molecule has 0 aliphatic carbocycles. The van der Waals surface area contributed by atoms with E-state index in [1.165, 1.54) is 17.6 Å². The number of nitrogens with zero attached hydrogens (tertiary/aromatic N) is 4. The van der Waals surface area contributed by atoms with Gasteiger partial charge in [0.05, 0.1) is 17.1 Å². The van der Waals surface area contributed by atoms with E-state index >= 15 is 0 Å². The zero-order chi connectivity index (χ0) is 30.5. The van der Waals surface area contributed by atoms with Crippen molar-refractivity contribution in [2.45, 2.75) is 6.54 Å². The third kappa shape index (κ3) is 7.00. The largest absolute Gasteiger partial charge is 0.324 e. The summed E-state index contributed by atoms with van der Waals surface area (Å²) in [6.45, 7) is 0.917. The molecular formula is C32H29N7O3S2. The molecule has 222 valence electrons. The Morgan fingerprint density at radius 2 is 1.75 bits per heavy atom. The molecule has 0 aliphatic rings. The number of aromatic nitrogens is 4. The van der Waals surface area contributed by atoms with Gasteiger partial charge >= 0.3 is 0 Å². The summed E-state index contributed by atoms with van der Waals surface area (Å²) in [6.07, 6.45) is 4.89. The molecule has 0 unspecified atom stereocenters. The number of nitrogens with one attached hydrogen (secondary N) is 3. The Kier molecular flexibility index (Phi) is 8.46. The van der Waals surface area contributed by atoms with Crippen LogP contribution in [-0.4, -0.2) is 52.2 Å². The maximum absolute atomic E-state index is 12.8. The zero-order valence-corrected chi connectivity index (χ0v) is 25.4. The number of imidazole rings is 1. The maximum atomic E-state index is 12.8. The van der Waals surface area contributed by atoms with Crippen molar-refractivity contribution in [2.24, 2.45) is 0 Å². The fraction of sp³-hybridized carbons (Fsp3) is 0.125. The molecule has 0 saturated carbocycles. The van der Waals surface area contributed by atoms with Crippen LogP contribution in [0.2, 0.25) is 0 Å². The lowest BCUT2D eigenvalue weighted by molar-refractivity contribution is 0.102. The highest BCUT2D eigenvalue weighted by Crippen LogP contribution is 2.35. The monoisotopic (exact) mass is 623 g/mol. The second-order valence-corrected chi connectivity index (χ2v) is 13.3. The van der Waals surface area contributed by atoms with Gasteiger partial charge in [0.15, 0.2) is 4.96 Å². The predicted molar refractivity (Wildman–Crippen MR) is 175 cm³/mol. The number of carbonyl (C=O) groups is 1. The van der Waals surface area contributed by atoms with Gasteiger partial charge in [-0.15, -0.1) is 11.3 Å². The minimum atomic E-state index is -3.01. The predicted octanol–water partition coefficient (Wildman–Crippen LogP) is 5.65. The first kappa shape index (κ1) is 29.2. The fourth-order valence-corrected chi connectivity index (χ4v) is 5.93. The molecule has 12 heteroatoms. The standard InChI is InChI=1S/C32H29N7O3S2/c1-44(41,42)18-15-33-21-22-7-5-11-25(19-22)36-31-34-14-13-27(37-31)29-28(38-32-39(29)16-17-43-32)24-10-6-12-26(20-24)35-30(40)23-8-3-2-4-9-23/h2-14,16-17,19-20,33H,15,18,21H2,1H3,(H,35,40)(H,34,36,37). The van der Waals surface area contributed by atoms with E-state index in [1.807, 2.05) is 88.8 Å². The van der Waals surface area contributed by atoms with Crippen LogP contribution in [0.5, 0.6) is 0 Å². The second-order valence-electron chi connectivity index (χ2n) is 10.2. The maximum Gasteiger partial charge on any atom is 0.255 e. The van der Waals surface area contributed by atoms with E-state index in [4.69, 9.17) is 9.97 Å². The highest BCUT2D eigenvalue weighted by Gasteiger charge is 2.19. The summed E-state index contributed by atoms with van der Waals surface area (Å²) in [6, 6.07) is 26.3. The first-order chi connectivity index (χ1) is 21.3. The normalized spacial score (nSPS) is 11.5. The number of amides is 1. The van der Waals surface area contributed by atoms with E-state index in [-0.39, 0.29) is 11.7 Å². The lowest BCUT2D eigenvalue weighted by Gasteiger charge is -2.10. The Hall–Kier alpha value is -4.91. The van der Waals surface area contributed by atoms with Crippen molar-refractivity contribution in [1.82, 2.24) is 24.7 Å². The minimum Gasteiger partial charge on any atom is -0.324 e. The number of fused-ring (bicyclic) bond motifs is 1. The van der Waals surface area contributed by atoms with Gasteiger partial charge < -0.3 is 16.0 Å². The number of hydrogen-bond donors (Lipinski definition) is 3. The van der Waals surface area contributed by atoms with E-state index in [9.17, 15) is 13.2 Å². The Morgan fingerprint density at radius 3 is 2.59 bits per heavy atom. The van der Waals surface area contributed by atoms with Crippen LogP contribution in [0.25, 0.3) is 27.6 Å². The Bertz CT molecular complexity index is 2040. The van der Waals surface area contributed by atoms with Gasteiger partial charge in [-0.2, -0.15) is 0 Å². The Morgan fingerprint density at radius 1 is 0.932 bits per heavy atom. The summed E-state index contributed by atoms with van der Waals surface area (Å²) in [7, 11) is -3.01. The first-order valence-corrected chi connectivity index (χ1v) is 16.8. The van der Waals surface area contributed by atoms with Crippen LogP contribution in [0.3, 0.4) is 0 Å². The summed E-state index contributed by atoms with van der Waals surface area (Å²) in [4.78, 5) is 27.8. The van der Waals surface area contributed by atoms with Crippen molar-refractivity contribution in [3.8, 4) is 22.6 Å². The number of thiazole rings is 1. The number of carbonyl (C=O) groups excluding carboxylic acids is 1. The summed E-state index contributed by atoms with van der Waals surface area (Å²) in [5, 5.41) is 11.4. The van der Waals surface area contributed by atoms with Crippen molar-refractivity contribution in [3.05, 3.63) is 114 Å². The molecule has 1 amide bonds. The van der Waals surface area contributed by atoms with Crippen LogP contribution in [0.15, 0.2) is 103 Å². The molecule has 44 heavy (non-hydrogen) atoms. The molecule has 0 fully saturated rings. The summed E-state index contributed by atoms with van der Waals surface area (Å²) < 4.78 is 24.8. The fourth-order valence-electron chi connectivity index (χ4n) is 4.70.